The number of primary amides is 1. The molecule has 4 N–H and O–H groups in total. The van der Waals surface area contributed by atoms with E-state index in [0.29, 0.717) is 0 Å². The van der Waals surface area contributed by atoms with Crippen LogP contribution in [0.4, 0.5) is 5.69 Å². The molecule has 1 aromatic rings. The lowest BCUT2D eigenvalue weighted by Gasteiger charge is -2.22. The molecule has 1 atom stereocenters. The molecule has 0 bridgehead atoms. The van der Waals surface area contributed by atoms with E-state index in [2.05, 4.69) is 10.6 Å². The molecule has 110 valence electrons. The predicted molar refractivity (Wildman–Crippen MR) is 80.9 cm³/mol. The van der Waals surface area contributed by atoms with E-state index in [4.69, 9.17) is 5.73 Å². The first-order chi connectivity index (χ1) is 9.15. The molecule has 1 aromatic carbocycles. The van der Waals surface area contributed by atoms with Crippen molar-refractivity contribution in [3.8, 4) is 0 Å². The highest BCUT2D eigenvalue weighted by molar-refractivity contribution is 5.94. The lowest BCUT2D eigenvalue weighted by atomic mass is 10.0. The first-order valence-electron chi connectivity index (χ1n) is 6.56. The first kappa shape index (κ1) is 16.5. The Balaban J connectivity index is 0.00000200. The minimum atomic E-state index is -0.358. The fourth-order valence-corrected chi connectivity index (χ4v) is 2.21. The lowest BCUT2D eigenvalue weighted by Crippen LogP contribution is -2.43. The van der Waals surface area contributed by atoms with Gasteiger partial charge in [0.05, 0.1) is 12.5 Å². The molecule has 1 fully saturated rings. The van der Waals surface area contributed by atoms with E-state index in [1.165, 1.54) is 0 Å². The summed E-state index contributed by atoms with van der Waals surface area (Å²) < 4.78 is 0. The molecule has 5 nitrogen and oxygen atoms in total. The van der Waals surface area contributed by atoms with Gasteiger partial charge in [0, 0.05) is 5.69 Å². The van der Waals surface area contributed by atoms with Gasteiger partial charge in [0.2, 0.25) is 11.8 Å². The van der Waals surface area contributed by atoms with E-state index in [-0.39, 0.29) is 36.7 Å². The SMILES string of the molecule is Cl.NC(=O)Cc1ccc(NC(=O)[C@H]2CCCCN2)cc1. The van der Waals surface area contributed by atoms with Gasteiger partial charge in [0.25, 0.3) is 0 Å². The van der Waals surface area contributed by atoms with Gasteiger partial charge in [-0.3, -0.25) is 9.59 Å². The molecular formula is C14H20ClN3O2. The van der Waals surface area contributed by atoms with Gasteiger partial charge in [-0.1, -0.05) is 18.6 Å². The zero-order valence-corrected chi connectivity index (χ0v) is 12.0. The van der Waals surface area contributed by atoms with Crippen LogP contribution in [0.15, 0.2) is 24.3 Å². The summed E-state index contributed by atoms with van der Waals surface area (Å²) in [6.45, 7) is 0.898. The monoisotopic (exact) mass is 297 g/mol. The van der Waals surface area contributed by atoms with E-state index in [0.717, 1.165) is 37.1 Å². The topological polar surface area (TPSA) is 84.2 Å². The summed E-state index contributed by atoms with van der Waals surface area (Å²) in [6.07, 6.45) is 3.32. The van der Waals surface area contributed by atoms with Crippen LogP contribution >= 0.6 is 12.4 Å². The number of carbonyl (C=O) groups excluding carboxylic acids is 2. The molecule has 0 spiro atoms. The average Bonchev–Trinajstić information content (AvgIpc) is 2.41. The van der Waals surface area contributed by atoms with E-state index in [1.807, 2.05) is 0 Å². The third kappa shape index (κ3) is 4.83. The van der Waals surface area contributed by atoms with Crippen molar-refractivity contribution >= 4 is 29.9 Å². The van der Waals surface area contributed by atoms with Gasteiger partial charge in [0.1, 0.15) is 0 Å². The maximum atomic E-state index is 12.0. The summed E-state index contributed by atoms with van der Waals surface area (Å²) >= 11 is 0. The highest BCUT2D eigenvalue weighted by atomic mass is 35.5. The zero-order chi connectivity index (χ0) is 13.7. The number of nitrogens with one attached hydrogen (secondary N) is 2. The normalized spacial score (nSPS) is 17.9. The predicted octanol–water partition coefficient (Wildman–Crippen LogP) is 1.22. The molecule has 0 aromatic heterocycles. The third-order valence-electron chi connectivity index (χ3n) is 3.23. The number of amides is 2. The van der Waals surface area contributed by atoms with Crippen LogP contribution in [0.2, 0.25) is 0 Å². The van der Waals surface area contributed by atoms with Crippen LogP contribution in [0, 0.1) is 0 Å². The quantitative estimate of drug-likeness (QED) is 0.781. The standard InChI is InChI=1S/C14H19N3O2.ClH/c15-13(18)9-10-4-6-11(7-5-10)17-14(19)12-3-1-2-8-16-12;/h4-7,12,16H,1-3,8-9H2,(H2,15,18)(H,17,19);1H/t12-;/m1./s1. The second-order valence-corrected chi connectivity index (χ2v) is 4.83. The van der Waals surface area contributed by atoms with Crippen molar-refractivity contribution in [2.75, 3.05) is 11.9 Å². The minimum Gasteiger partial charge on any atom is -0.369 e. The maximum Gasteiger partial charge on any atom is 0.241 e. The number of hydrogen-bond acceptors (Lipinski definition) is 3. The van der Waals surface area contributed by atoms with Gasteiger partial charge in [-0.2, -0.15) is 0 Å². The van der Waals surface area contributed by atoms with Crippen LogP contribution in [0.1, 0.15) is 24.8 Å². The van der Waals surface area contributed by atoms with Crippen LogP contribution < -0.4 is 16.4 Å². The van der Waals surface area contributed by atoms with Crippen molar-refractivity contribution in [2.45, 2.75) is 31.7 Å². The Morgan fingerprint density at radius 3 is 2.50 bits per heavy atom. The number of anilines is 1. The summed E-state index contributed by atoms with van der Waals surface area (Å²) in [5, 5.41) is 6.08. The highest BCUT2D eigenvalue weighted by Gasteiger charge is 2.20. The Bertz CT molecular complexity index is 456. The summed E-state index contributed by atoms with van der Waals surface area (Å²) in [6, 6.07) is 7.08. The molecule has 0 unspecified atom stereocenters. The van der Waals surface area contributed by atoms with Crippen molar-refractivity contribution in [3.05, 3.63) is 29.8 Å². The molecule has 2 rings (SSSR count). The molecule has 1 heterocycles. The number of hydrogen-bond donors (Lipinski definition) is 3. The summed E-state index contributed by atoms with van der Waals surface area (Å²) in [5.74, 6) is -0.356. The van der Waals surface area contributed by atoms with Crippen molar-refractivity contribution < 1.29 is 9.59 Å². The van der Waals surface area contributed by atoms with Gasteiger partial charge in [-0.15, -0.1) is 12.4 Å². The van der Waals surface area contributed by atoms with Crippen LogP contribution in [-0.4, -0.2) is 24.4 Å². The smallest absolute Gasteiger partial charge is 0.241 e. The molecule has 1 aliphatic rings. The lowest BCUT2D eigenvalue weighted by molar-refractivity contribution is -0.119. The second kappa shape index (κ2) is 7.87. The van der Waals surface area contributed by atoms with Crippen LogP contribution in [0.5, 0.6) is 0 Å². The highest BCUT2D eigenvalue weighted by Crippen LogP contribution is 2.13. The molecule has 6 heteroatoms. The fourth-order valence-electron chi connectivity index (χ4n) is 2.21. The minimum absolute atomic E-state index is 0. The third-order valence-corrected chi connectivity index (χ3v) is 3.23. The Hall–Kier alpha value is -1.59. The van der Waals surface area contributed by atoms with Crippen LogP contribution in [-0.2, 0) is 16.0 Å². The fraction of sp³-hybridized carbons (Fsp3) is 0.429. The molecule has 1 saturated heterocycles. The first-order valence-corrected chi connectivity index (χ1v) is 6.56. The second-order valence-electron chi connectivity index (χ2n) is 4.83. The number of piperidine rings is 1. The van der Waals surface area contributed by atoms with Gasteiger partial charge in [-0.25, -0.2) is 0 Å². The van der Waals surface area contributed by atoms with E-state index in [1.54, 1.807) is 24.3 Å². The number of benzene rings is 1. The summed E-state index contributed by atoms with van der Waals surface area (Å²) in [7, 11) is 0. The number of carbonyl (C=O) groups is 2. The van der Waals surface area contributed by atoms with E-state index >= 15 is 0 Å². The number of halogens is 1. The van der Waals surface area contributed by atoms with Crippen LogP contribution in [0.25, 0.3) is 0 Å². The number of rotatable bonds is 4. The van der Waals surface area contributed by atoms with Crippen molar-refractivity contribution in [1.29, 1.82) is 0 Å². The van der Waals surface area contributed by atoms with Gasteiger partial charge >= 0.3 is 0 Å². The zero-order valence-electron chi connectivity index (χ0n) is 11.2. The number of nitrogens with two attached hydrogens (primary N) is 1. The summed E-state index contributed by atoms with van der Waals surface area (Å²) in [5.41, 5.74) is 6.71. The van der Waals surface area contributed by atoms with Gasteiger partial charge in [0.15, 0.2) is 0 Å². The molecule has 0 radical (unpaired) electrons. The van der Waals surface area contributed by atoms with Gasteiger partial charge in [-0.05, 0) is 37.1 Å². The molecule has 20 heavy (non-hydrogen) atoms. The maximum absolute atomic E-state index is 12.0. The molecular weight excluding hydrogens is 278 g/mol. The largest absolute Gasteiger partial charge is 0.369 e. The Morgan fingerprint density at radius 2 is 1.95 bits per heavy atom. The van der Waals surface area contributed by atoms with E-state index in [9.17, 15) is 9.59 Å². The Labute approximate surface area is 124 Å². The summed E-state index contributed by atoms with van der Waals surface area (Å²) in [4.78, 5) is 22.8. The van der Waals surface area contributed by atoms with Crippen molar-refractivity contribution in [2.24, 2.45) is 5.73 Å². The Kier molecular flexibility index (Phi) is 6.48. The van der Waals surface area contributed by atoms with Crippen molar-refractivity contribution in [1.82, 2.24) is 5.32 Å². The van der Waals surface area contributed by atoms with Crippen LogP contribution in [0.3, 0.4) is 0 Å². The Morgan fingerprint density at radius 1 is 1.25 bits per heavy atom. The average molecular weight is 298 g/mol. The molecule has 0 aliphatic carbocycles. The molecule has 1 aliphatic heterocycles. The molecule has 2 amide bonds. The van der Waals surface area contributed by atoms with Crippen molar-refractivity contribution in [3.63, 3.8) is 0 Å². The van der Waals surface area contributed by atoms with E-state index < -0.39 is 0 Å². The van der Waals surface area contributed by atoms with Gasteiger partial charge < -0.3 is 16.4 Å². The molecule has 0 saturated carbocycles.